The van der Waals surface area contributed by atoms with Gasteiger partial charge in [0.25, 0.3) is 5.91 Å². The lowest BCUT2D eigenvalue weighted by molar-refractivity contribution is -0.126. The van der Waals surface area contributed by atoms with Crippen molar-refractivity contribution in [3.05, 3.63) is 34.1 Å². The predicted octanol–water partition coefficient (Wildman–Crippen LogP) is -0.530. The summed E-state index contributed by atoms with van der Waals surface area (Å²) in [6.45, 7) is 2.40. The Bertz CT molecular complexity index is 1030. The molecular formula is C18H20N4O6. The number of pyridine rings is 1. The average Bonchev–Trinajstić information content (AvgIpc) is 3.13. The fourth-order valence-electron chi connectivity index (χ4n) is 3.02. The van der Waals surface area contributed by atoms with Crippen LogP contribution in [0.4, 0.5) is 0 Å². The highest BCUT2D eigenvalue weighted by Crippen LogP contribution is 2.35. The SMILES string of the molecule is CCn1cc(C(=O)N[C@@H](CC(N)=O)C(=O)NC)c(=O)c2cc3c(cc21)OCO3. The van der Waals surface area contributed by atoms with Gasteiger partial charge >= 0.3 is 0 Å². The molecule has 0 aliphatic carbocycles. The molecule has 0 saturated heterocycles. The number of nitrogens with zero attached hydrogens (tertiary/aromatic N) is 1. The van der Waals surface area contributed by atoms with E-state index in [4.69, 9.17) is 15.2 Å². The molecule has 1 atom stereocenters. The maximum absolute atomic E-state index is 12.9. The normalized spacial score (nSPS) is 13.2. The number of nitrogens with one attached hydrogen (secondary N) is 2. The Balaban J connectivity index is 2.04. The van der Waals surface area contributed by atoms with Gasteiger partial charge in [0.05, 0.1) is 17.3 Å². The summed E-state index contributed by atoms with van der Waals surface area (Å²) >= 11 is 0. The van der Waals surface area contributed by atoms with Gasteiger partial charge in [0.1, 0.15) is 11.6 Å². The maximum atomic E-state index is 12.9. The molecule has 1 aliphatic rings. The number of hydrogen-bond acceptors (Lipinski definition) is 6. The van der Waals surface area contributed by atoms with Crippen LogP contribution in [-0.4, -0.2) is 42.2 Å². The number of aromatic nitrogens is 1. The van der Waals surface area contributed by atoms with E-state index in [0.29, 0.717) is 23.6 Å². The average molecular weight is 388 g/mol. The molecule has 0 bridgehead atoms. The van der Waals surface area contributed by atoms with Crippen molar-refractivity contribution in [1.82, 2.24) is 15.2 Å². The fourth-order valence-corrected chi connectivity index (χ4v) is 3.02. The minimum Gasteiger partial charge on any atom is -0.454 e. The van der Waals surface area contributed by atoms with E-state index < -0.39 is 29.2 Å². The molecule has 2 heterocycles. The van der Waals surface area contributed by atoms with Crippen LogP contribution in [0.25, 0.3) is 10.9 Å². The number of hydrogen-bond donors (Lipinski definition) is 3. The molecule has 0 spiro atoms. The molecule has 1 aromatic heterocycles. The Morgan fingerprint density at radius 3 is 2.54 bits per heavy atom. The fraction of sp³-hybridized carbons (Fsp3) is 0.333. The van der Waals surface area contributed by atoms with Crippen molar-refractivity contribution < 1.29 is 23.9 Å². The summed E-state index contributed by atoms with van der Waals surface area (Å²) < 4.78 is 12.4. The van der Waals surface area contributed by atoms with Crippen LogP contribution in [0.15, 0.2) is 23.1 Å². The van der Waals surface area contributed by atoms with Crippen LogP contribution in [0.5, 0.6) is 11.5 Å². The number of nitrogens with two attached hydrogens (primary N) is 1. The number of benzene rings is 1. The zero-order valence-corrected chi connectivity index (χ0v) is 15.4. The number of carbonyl (C=O) groups excluding carboxylic acids is 3. The smallest absolute Gasteiger partial charge is 0.257 e. The van der Waals surface area contributed by atoms with Gasteiger partial charge in [-0.05, 0) is 13.0 Å². The second-order valence-corrected chi connectivity index (χ2v) is 6.19. The second-order valence-electron chi connectivity index (χ2n) is 6.19. The van der Waals surface area contributed by atoms with Gasteiger partial charge in [-0.3, -0.25) is 19.2 Å². The molecule has 0 fully saturated rings. The Morgan fingerprint density at radius 2 is 1.93 bits per heavy atom. The van der Waals surface area contributed by atoms with E-state index >= 15 is 0 Å². The zero-order valence-electron chi connectivity index (χ0n) is 15.4. The summed E-state index contributed by atoms with van der Waals surface area (Å²) in [6.07, 6.45) is 1.02. The number of fused-ring (bicyclic) bond motifs is 2. The largest absolute Gasteiger partial charge is 0.454 e. The van der Waals surface area contributed by atoms with Crippen LogP contribution >= 0.6 is 0 Å². The van der Waals surface area contributed by atoms with Crippen molar-refractivity contribution in [2.45, 2.75) is 25.9 Å². The first-order valence-electron chi connectivity index (χ1n) is 8.63. The van der Waals surface area contributed by atoms with E-state index in [9.17, 15) is 19.2 Å². The monoisotopic (exact) mass is 388 g/mol. The highest BCUT2D eigenvalue weighted by atomic mass is 16.7. The van der Waals surface area contributed by atoms with E-state index in [1.807, 2.05) is 6.92 Å². The van der Waals surface area contributed by atoms with Crippen molar-refractivity contribution >= 4 is 28.6 Å². The van der Waals surface area contributed by atoms with Gasteiger partial charge in [-0.2, -0.15) is 0 Å². The van der Waals surface area contributed by atoms with Gasteiger partial charge in [-0.1, -0.05) is 0 Å². The molecule has 1 aromatic carbocycles. The van der Waals surface area contributed by atoms with Crippen LogP contribution in [-0.2, 0) is 16.1 Å². The van der Waals surface area contributed by atoms with E-state index in [1.54, 1.807) is 10.6 Å². The highest BCUT2D eigenvalue weighted by molar-refractivity contribution is 6.01. The third-order valence-corrected chi connectivity index (χ3v) is 4.43. The van der Waals surface area contributed by atoms with Crippen LogP contribution in [0.3, 0.4) is 0 Å². The molecule has 10 nitrogen and oxygen atoms in total. The molecule has 3 rings (SSSR count). The predicted molar refractivity (Wildman–Crippen MR) is 99.1 cm³/mol. The third kappa shape index (κ3) is 3.48. The molecule has 0 radical (unpaired) electrons. The summed E-state index contributed by atoms with van der Waals surface area (Å²) in [6, 6.07) is 2.03. The van der Waals surface area contributed by atoms with Crippen molar-refractivity contribution in [1.29, 1.82) is 0 Å². The van der Waals surface area contributed by atoms with E-state index in [-0.39, 0.29) is 24.2 Å². The van der Waals surface area contributed by atoms with Crippen molar-refractivity contribution in [3.63, 3.8) is 0 Å². The van der Waals surface area contributed by atoms with Crippen LogP contribution < -0.4 is 31.3 Å². The summed E-state index contributed by atoms with van der Waals surface area (Å²) in [5.74, 6) is -1.19. The zero-order chi connectivity index (χ0) is 20.4. The molecule has 148 valence electrons. The summed E-state index contributed by atoms with van der Waals surface area (Å²) in [7, 11) is 1.37. The second kappa shape index (κ2) is 7.59. The maximum Gasteiger partial charge on any atom is 0.257 e. The molecule has 4 N–H and O–H groups in total. The Hall–Kier alpha value is -3.56. The first-order chi connectivity index (χ1) is 13.3. The first-order valence-corrected chi connectivity index (χ1v) is 8.63. The van der Waals surface area contributed by atoms with E-state index in [2.05, 4.69) is 10.6 Å². The molecule has 3 amide bonds. The summed E-state index contributed by atoms with van der Waals surface area (Å²) in [5.41, 5.74) is 5.05. The summed E-state index contributed by atoms with van der Waals surface area (Å²) in [4.78, 5) is 48.7. The molecule has 28 heavy (non-hydrogen) atoms. The number of carbonyl (C=O) groups is 3. The van der Waals surface area contributed by atoms with Crippen molar-refractivity contribution in [3.8, 4) is 11.5 Å². The molecule has 2 aromatic rings. The molecular weight excluding hydrogens is 368 g/mol. The van der Waals surface area contributed by atoms with E-state index in [1.165, 1.54) is 19.3 Å². The molecule has 0 saturated carbocycles. The van der Waals surface area contributed by atoms with Gasteiger partial charge in [0.2, 0.25) is 24.0 Å². The minimum absolute atomic E-state index is 0.0558. The minimum atomic E-state index is -1.18. The topological polar surface area (TPSA) is 142 Å². The van der Waals surface area contributed by atoms with Gasteiger partial charge in [-0.15, -0.1) is 0 Å². The van der Waals surface area contributed by atoms with Gasteiger partial charge < -0.3 is 30.4 Å². The van der Waals surface area contributed by atoms with Crippen molar-refractivity contribution in [2.75, 3.05) is 13.8 Å². The van der Waals surface area contributed by atoms with Crippen LogP contribution in [0, 0.1) is 0 Å². The lowest BCUT2D eigenvalue weighted by atomic mass is 10.1. The van der Waals surface area contributed by atoms with Crippen molar-refractivity contribution in [2.24, 2.45) is 5.73 Å². The standard InChI is InChI=1S/C18H20N4O6/c1-3-22-7-10(17(25)21-11(5-15(19)23)18(26)20-2)16(24)9-4-13-14(6-12(9)22)28-8-27-13/h4,6-7,11H,3,5,8H2,1-2H3,(H2,19,23)(H,20,26)(H,21,25)/t11-/m0/s1. The Morgan fingerprint density at radius 1 is 1.25 bits per heavy atom. The summed E-state index contributed by atoms with van der Waals surface area (Å²) in [5, 5.41) is 5.03. The lowest BCUT2D eigenvalue weighted by Crippen LogP contribution is -2.48. The lowest BCUT2D eigenvalue weighted by Gasteiger charge is -2.17. The van der Waals surface area contributed by atoms with Gasteiger partial charge in [-0.25, -0.2) is 0 Å². The highest BCUT2D eigenvalue weighted by Gasteiger charge is 2.25. The van der Waals surface area contributed by atoms with Crippen LogP contribution in [0.1, 0.15) is 23.7 Å². The number of ether oxygens (including phenoxy) is 2. The molecule has 1 aliphatic heterocycles. The van der Waals surface area contributed by atoms with Crippen LogP contribution in [0.2, 0.25) is 0 Å². The van der Waals surface area contributed by atoms with E-state index in [0.717, 1.165) is 0 Å². The number of aryl methyl sites for hydroxylation is 1. The number of primary amides is 1. The number of amides is 3. The molecule has 10 heteroatoms. The Kier molecular flexibility index (Phi) is 5.21. The third-order valence-electron chi connectivity index (χ3n) is 4.43. The quantitative estimate of drug-likeness (QED) is 0.607. The molecule has 0 unspecified atom stereocenters. The van der Waals surface area contributed by atoms with Gasteiger partial charge in [0, 0.05) is 25.9 Å². The van der Waals surface area contributed by atoms with Gasteiger partial charge in [0.15, 0.2) is 11.5 Å². The first kappa shape index (κ1) is 19.2. The Labute approximate surface area is 159 Å². The number of likely N-dealkylation sites (N-methyl/N-ethyl adjacent to an activating group) is 1. The number of rotatable bonds is 6.